The maximum Gasteiger partial charge on any atom is 0.130 e. The number of benzene rings is 2. The lowest BCUT2D eigenvalue weighted by molar-refractivity contribution is 0.354. The minimum absolute atomic E-state index is 0.0350. The largest absolute Gasteiger partial charge is 0.271 e. The first-order chi connectivity index (χ1) is 9.70. The van der Waals surface area contributed by atoms with Crippen LogP contribution in [-0.4, -0.2) is 0 Å². The Kier molecular flexibility index (Phi) is 3.51. The molecule has 4 heteroatoms. The van der Waals surface area contributed by atoms with Gasteiger partial charge in [-0.3, -0.25) is 11.3 Å². The Morgan fingerprint density at radius 1 is 0.950 bits per heavy atom. The maximum atomic E-state index is 13.9. The normalized spacial score (nSPS) is 16.1. The van der Waals surface area contributed by atoms with E-state index in [0.717, 1.165) is 12.8 Å². The highest BCUT2D eigenvalue weighted by molar-refractivity contribution is 5.34. The zero-order valence-electron chi connectivity index (χ0n) is 10.9. The van der Waals surface area contributed by atoms with Crippen LogP contribution in [0.25, 0.3) is 0 Å². The molecule has 2 aromatic rings. The Morgan fingerprint density at radius 2 is 1.50 bits per heavy atom. The van der Waals surface area contributed by atoms with Crippen molar-refractivity contribution in [2.75, 3.05) is 0 Å². The molecule has 0 heterocycles. The number of hydrazine groups is 1. The van der Waals surface area contributed by atoms with Gasteiger partial charge in [0.25, 0.3) is 0 Å². The quantitative estimate of drug-likeness (QED) is 0.667. The lowest BCUT2D eigenvalue weighted by Crippen LogP contribution is -2.35. The first kappa shape index (κ1) is 13.2. The SMILES string of the molecule is NNC(c1c(F)cccc1F)C1Cc2ccccc2C1. The second-order valence-corrected chi connectivity index (χ2v) is 5.22. The van der Waals surface area contributed by atoms with E-state index in [2.05, 4.69) is 17.6 Å². The highest BCUT2D eigenvalue weighted by Gasteiger charge is 2.32. The van der Waals surface area contributed by atoms with Crippen LogP contribution >= 0.6 is 0 Å². The average molecular weight is 274 g/mol. The topological polar surface area (TPSA) is 38.0 Å². The van der Waals surface area contributed by atoms with Crippen molar-refractivity contribution in [2.24, 2.45) is 11.8 Å². The van der Waals surface area contributed by atoms with Gasteiger partial charge in [0.15, 0.2) is 0 Å². The lowest BCUT2D eigenvalue weighted by Gasteiger charge is -2.23. The summed E-state index contributed by atoms with van der Waals surface area (Å²) in [7, 11) is 0. The molecule has 0 radical (unpaired) electrons. The molecule has 3 N–H and O–H groups in total. The van der Waals surface area contributed by atoms with Crippen molar-refractivity contribution < 1.29 is 8.78 Å². The van der Waals surface area contributed by atoms with Crippen LogP contribution in [0.5, 0.6) is 0 Å². The number of hydrogen-bond acceptors (Lipinski definition) is 2. The third-order valence-electron chi connectivity index (χ3n) is 4.04. The van der Waals surface area contributed by atoms with Crippen molar-refractivity contribution in [3.8, 4) is 0 Å². The molecule has 2 aromatic carbocycles. The molecule has 20 heavy (non-hydrogen) atoms. The van der Waals surface area contributed by atoms with Gasteiger partial charge in [-0.05, 0) is 42.0 Å². The van der Waals surface area contributed by atoms with Crippen LogP contribution in [0.4, 0.5) is 8.78 Å². The summed E-state index contributed by atoms with van der Waals surface area (Å²) in [6, 6.07) is 11.5. The van der Waals surface area contributed by atoms with E-state index in [4.69, 9.17) is 5.84 Å². The summed E-state index contributed by atoms with van der Waals surface area (Å²) < 4.78 is 27.9. The molecule has 0 aromatic heterocycles. The third-order valence-corrected chi connectivity index (χ3v) is 4.04. The highest BCUT2D eigenvalue weighted by atomic mass is 19.1. The van der Waals surface area contributed by atoms with Gasteiger partial charge in [-0.1, -0.05) is 30.3 Å². The summed E-state index contributed by atoms with van der Waals surface area (Å²) in [5.74, 6) is 4.53. The molecule has 1 unspecified atom stereocenters. The van der Waals surface area contributed by atoms with Crippen molar-refractivity contribution in [3.63, 3.8) is 0 Å². The maximum absolute atomic E-state index is 13.9. The second-order valence-electron chi connectivity index (χ2n) is 5.22. The average Bonchev–Trinajstić information content (AvgIpc) is 2.86. The smallest absolute Gasteiger partial charge is 0.130 e. The van der Waals surface area contributed by atoms with Gasteiger partial charge in [0.2, 0.25) is 0 Å². The molecule has 0 aliphatic heterocycles. The van der Waals surface area contributed by atoms with Crippen molar-refractivity contribution in [1.82, 2.24) is 5.43 Å². The van der Waals surface area contributed by atoms with E-state index in [9.17, 15) is 8.78 Å². The minimum atomic E-state index is -0.552. The molecule has 0 saturated carbocycles. The Balaban J connectivity index is 1.93. The summed E-state index contributed by atoms with van der Waals surface area (Å²) in [6.45, 7) is 0. The number of rotatable bonds is 3. The molecule has 1 aliphatic carbocycles. The zero-order chi connectivity index (χ0) is 14.1. The molecular weight excluding hydrogens is 258 g/mol. The Bertz CT molecular complexity index is 582. The van der Waals surface area contributed by atoms with E-state index in [0.29, 0.717) is 0 Å². The van der Waals surface area contributed by atoms with Gasteiger partial charge in [0.1, 0.15) is 11.6 Å². The molecular formula is C16H16F2N2. The standard InChI is InChI=1S/C16H16F2N2/c17-13-6-3-7-14(18)15(13)16(20-19)12-8-10-4-1-2-5-11(10)9-12/h1-7,12,16,20H,8-9,19H2. The fourth-order valence-corrected chi connectivity index (χ4v) is 3.09. The van der Waals surface area contributed by atoms with E-state index in [1.165, 1.54) is 29.3 Å². The van der Waals surface area contributed by atoms with Gasteiger partial charge < -0.3 is 0 Å². The van der Waals surface area contributed by atoms with E-state index < -0.39 is 17.7 Å². The van der Waals surface area contributed by atoms with Gasteiger partial charge in [-0.15, -0.1) is 0 Å². The molecule has 0 bridgehead atoms. The summed E-state index contributed by atoms with van der Waals surface area (Å²) in [5.41, 5.74) is 5.09. The van der Waals surface area contributed by atoms with E-state index in [-0.39, 0.29) is 11.5 Å². The van der Waals surface area contributed by atoms with Crippen LogP contribution < -0.4 is 11.3 Å². The van der Waals surface area contributed by atoms with Gasteiger partial charge in [0, 0.05) is 5.56 Å². The minimum Gasteiger partial charge on any atom is -0.271 e. The van der Waals surface area contributed by atoms with Crippen LogP contribution in [0.2, 0.25) is 0 Å². The Morgan fingerprint density at radius 3 is 2.00 bits per heavy atom. The van der Waals surface area contributed by atoms with Crippen LogP contribution in [0.3, 0.4) is 0 Å². The molecule has 1 atom stereocenters. The predicted octanol–water partition coefficient (Wildman–Crippen LogP) is 2.88. The number of hydrogen-bond donors (Lipinski definition) is 2. The number of nitrogens with one attached hydrogen (secondary N) is 1. The summed E-state index contributed by atoms with van der Waals surface area (Å²) in [4.78, 5) is 0. The highest BCUT2D eigenvalue weighted by Crippen LogP contribution is 2.36. The molecule has 2 nitrogen and oxygen atoms in total. The van der Waals surface area contributed by atoms with Gasteiger partial charge in [-0.25, -0.2) is 8.78 Å². The van der Waals surface area contributed by atoms with Crippen LogP contribution in [0.1, 0.15) is 22.7 Å². The lowest BCUT2D eigenvalue weighted by atomic mass is 9.90. The molecule has 0 fully saturated rings. The fourth-order valence-electron chi connectivity index (χ4n) is 3.09. The van der Waals surface area contributed by atoms with Crippen molar-refractivity contribution in [3.05, 3.63) is 70.8 Å². The fraction of sp³-hybridized carbons (Fsp3) is 0.250. The monoisotopic (exact) mass is 274 g/mol. The Hall–Kier alpha value is -1.78. The summed E-state index contributed by atoms with van der Waals surface area (Å²) >= 11 is 0. The molecule has 1 aliphatic rings. The first-order valence-electron chi connectivity index (χ1n) is 6.67. The van der Waals surface area contributed by atoms with Crippen LogP contribution in [0, 0.1) is 17.6 Å². The second kappa shape index (κ2) is 5.31. The summed E-state index contributed by atoms with van der Waals surface area (Å²) in [5, 5.41) is 0. The van der Waals surface area contributed by atoms with Crippen LogP contribution in [-0.2, 0) is 12.8 Å². The van der Waals surface area contributed by atoms with Crippen LogP contribution in [0.15, 0.2) is 42.5 Å². The van der Waals surface area contributed by atoms with E-state index in [1.807, 2.05) is 12.1 Å². The molecule has 0 spiro atoms. The van der Waals surface area contributed by atoms with Crippen molar-refractivity contribution in [1.29, 1.82) is 0 Å². The molecule has 0 saturated heterocycles. The van der Waals surface area contributed by atoms with E-state index in [1.54, 1.807) is 0 Å². The van der Waals surface area contributed by atoms with Gasteiger partial charge >= 0.3 is 0 Å². The van der Waals surface area contributed by atoms with Crippen molar-refractivity contribution in [2.45, 2.75) is 18.9 Å². The molecule has 0 amide bonds. The third kappa shape index (κ3) is 2.21. The predicted molar refractivity (Wildman–Crippen MR) is 73.8 cm³/mol. The number of nitrogens with two attached hydrogens (primary N) is 1. The molecule has 104 valence electrons. The first-order valence-corrected chi connectivity index (χ1v) is 6.67. The molecule has 3 rings (SSSR count). The van der Waals surface area contributed by atoms with Gasteiger partial charge in [0.05, 0.1) is 6.04 Å². The van der Waals surface area contributed by atoms with E-state index >= 15 is 0 Å². The number of fused-ring (bicyclic) bond motifs is 1. The Labute approximate surface area is 116 Å². The van der Waals surface area contributed by atoms with Crippen molar-refractivity contribution >= 4 is 0 Å². The number of halogens is 2. The summed E-state index contributed by atoms with van der Waals surface area (Å²) in [6.07, 6.45) is 1.55. The van der Waals surface area contributed by atoms with Gasteiger partial charge in [-0.2, -0.15) is 0 Å². The zero-order valence-corrected chi connectivity index (χ0v) is 10.9.